The van der Waals surface area contributed by atoms with Gasteiger partial charge in [-0.15, -0.1) is 0 Å². The van der Waals surface area contributed by atoms with E-state index in [1.54, 1.807) is 34.6 Å². The average Bonchev–Trinajstić information content (AvgIpc) is 2.42. The molecule has 0 saturated carbocycles. The summed E-state index contributed by atoms with van der Waals surface area (Å²) in [5.74, 6) is -2.05. The minimum atomic E-state index is -0.786. The monoisotopic (exact) mass is 354 g/mol. The third-order valence-electron chi connectivity index (χ3n) is 2.94. The van der Waals surface area contributed by atoms with Crippen molar-refractivity contribution >= 4 is 18.1 Å². The van der Waals surface area contributed by atoms with Crippen LogP contribution in [0, 0.1) is 11.6 Å². The summed E-state index contributed by atoms with van der Waals surface area (Å²) < 4.78 is 32.1. The highest BCUT2D eigenvalue weighted by atomic mass is 19.1. The molecule has 0 aliphatic heterocycles. The van der Waals surface area contributed by atoms with Crippen molar-refractivity contribution in [1.82, 2.24) is 10.6 Å². The molecule has 0 unspecified atom stereocenters. The van der Waals surface area contributed by atoms with Crippen LogP contribution in [0.5, 0.6) is 0 Å². The number of rotatable bonds is 5. The molecule has 2 N–H and O–H groups in total. The van der Waals surface area contributed by atoms with Gasteiger partial charge in [0.1, 0.15) is 17.2 Å². The lowest BCUT2D eigenvalue weighted by atomic mass is 10.1. The zero-order valence-electron chi connectivity index (χ0n) is 15.1. The van der Waals surface area contributed by atoms with Gasteiger partial charge in [-0.2, -0.15) is 0 Å². The van der Waals surface area contributed by atoms with Crippen molar-refractivity contribution in [2.75, 3.05) is 6.54 Å². The number of alkyl carbamates (subject to hydrolysis) is 1. The minimum absolute atomic E-state index is 0.121. The van der Waals surface area contributed by atoms with Crippen molar-refractivity contribution in [3.8, 4) is 0 Å². The number of hydrogen-bond acceptors (Lipinski definition) is 3. The van der Waals surface area contributed by atoms with E-state index in [1.165, 1.54) is 6.07 Å². The van der Waals surface area contributed by atoms with Crippen LogP contribution in [0.15, 0.2) is 24.3 Å². The van der Waals surface area contributed by atoms with Gasteiger partial charge in [-0.25, -0.2) is 13.6 Å². The summed E-state index contributed by atoms with van der Waals surface area (Å²) in [6.07, 6.45) is 1.51. The van der Waals surface area contributed by atoms with Crippen LogP contribution in [0.2, 0.25) is 0 Å². The van der Waals surface area contributed by atoms with Gasteiger partial charge in [-0.05, 0) is 52.8 Å². The highest BCUT2D eigenvalue weighted by molar-refractivity contribution is 5.92. The number of carbonyl (C=O) groups is 2. The highest BCUT2D eigenvalue weighted by Gasteiger charge is 2.22. The van der Waals surface area contributed by atoms with E-state index < -0.39 is 34.8 Å². The van der Waals surface area contributed by atoms with Crippen molar-refractivity contribution in [3.05, 3.63) is 41.5 Å². The molecule has 25 heavy (non-hydrogen) atoms. The maximum atomic E-state index is 13.5. The van der Waals surface area contributed by atoms with Gasteiger partial charge in [0.2, 0.25) is 5.91 Å². The molecule has 0 bridgehead atoms. The smallest absolute Gasteiger partial charge is 0.407 e. The molecular weight excluding hydrogens is 330 g/mol. The van der Waals surface area contributed by atoms with Crippen molar-refractivity contribution in [3.63, 3.8) is 0 Å². The van der Waals surface area contributed by atoms with Crippen LogP contribution in [0.25, 0.3) is 6.08 Å². The normalized spacial score (nSPS) is 12.1. The fourth-order valence-corrected chi connectivity index (χ4v) is 1.86. The second-order valence-corrected chi connectivity index (χ2v) is 7.20. The molecule has 0 aromatic heterocycles. The van der Waals surface area contributed by atoms with Crippen LogP contribution < -0.4 is 10.6 Å². The third kappa shape index (κ3) is 7.78. The number of nitrogens with one attached hydrogen (secondary N) is 2. The molecular formula is C18H24F2N2O3. The van der Waals surface area contributed by atoms with Crippen LogP contribution >= 0.6 is 0 Å². The molecule has 0 radical (unpaired) electrons. The second-order valence-electron chi connectivity index (χ2n) is 7.20. The summed E-state index contributed by atoms with van der Waals surface area (Å²) in [6, 6.07) is 3.46. The number of halogens is 2. The average molecular weight is 354 g/mol. The second kappa shape index (κ2) is 8.09. The Morgan fingerprint density at radius 2 is 1.68 bits per heavy atom. The Kier molecular flexibility index (Phi) is 6.67. The Balaban J connectivity index is 2.60. The molecule has 0 fully saturated rings. The quantitative estimate of drug-likeness (QED) is 0.797. The summed E-state index contributed by atoms with van der Waals surface area (Å²) >= 11 is 0. The van der Waals surface area contributed by atoms with Gasteiger partial charge in [0, 0.05) is 18.2 Å². The first-order valence-electron chi connectivity index (χ1n) is 7.81. The van der Waals surface area contributed by atoms with Crippen LogP contribution in [0.1, 0.15) is 40.2 Å². The van der Waals surface area contributed by atoms with Gasteiger partial charge in [0.05, 0.1) is 5.54 Å². The van der Waals surface area contributed by atoms with Gasteiger partial charge >= 0.3 is 6.09 Å². The summed E-state index contributed by atoms with van der Waals surface area (Å²) in [5, 5.41) is 5.20. The van der Waals surface area contributed by atoms with Gasteiger partial charge in [0.15, 0.2) is 0 Å². The molecule has 1 aromatic carbocycles. The molecule has 0 atom stereocenters. The Hall–Kier alpha value is -2.44. The molecule has 1 rings (SSSR count). The molecule has 1 aromatic rings. The topological polar surface area (TPSA) is 67.4 Å². The minimum Gasteiger partial charge on any atom is -0.444 e. The van der Waals surface area contributed by atoms with Crippen molar-refractivity contribution in [2.24, 2.45) is 0 Å². The van der Waals surface area contributed by atoms with Crippen LogP contribution in [-0.2, 0) is 9.53 Å². The fraction of sp³-hybridized carbons (Fsp3) is 0.444. The summed E-state index contributed by atoms with van der Waals surface area (Å²) in [6.45, 7) is 8.74. The van der Waals surface area contributed by atoms with Gasteiger partial charge in [-0.1, -0.05) is 6.07 Å². The highest BCUT2D eigenvalue weighted by Crippen LogP contribution is 2.13. The van der Waals surface area contributed by atoms with E-state index in [4.69, 9.17) is 4.74 Å². The summed E-state index contributed by atoms with van der Waals surface area (Å²) in [7, 11) is 0. The number of carbonyl (C=O) groups excluding carboxylic acids is 2. The number of ether oxygens (including phenoxy) is 1. The van der Waals surface area contributed by atoms with E-state index in [2.05, 4.69) is 10.6 Å². The van der Waals surface area contributed by atoms with Crippen LogP contribution in [0.4, 0.5) is 13.6 Å². The standard InChI is InChI=1S/C18H24F2N2O3/c1-17(2,3)25-16(24)21-11-18(4,5)22-15(23)10-9-12-13(19)7-6-8-14(12)20/h6-10H,11H2,1-5H3,(H,21,24)(H,22,23)/b10-9+. The number of hydrogen-bond donors (Lipinski definition) is 2. The Morgan fingerprint density at radius 3 is 2.20 bits per heavy atom. The van der Waals surface area contributed by atoms with E-state index in [0.29, 0.717) is 0 Å². The van der Waals surface area contributed by atoms with Crippen molar-refractivity contribution < 1.29 is 23.1 Å². The number of amides is 2. The van der Waals surface area contributed by atoms with Crippen LogP contribution in [-0.4, -0.2) is 29.7 Å². The summed E-state index contributed by atoms with van der Waals surface area (Å²) in [4.78, 5) is 23.6. The lowest BCUT2D eigenvalue weighted by Crippen LogP contribution is -2.51. The molecule has 7 heteroatoms. The number of benzene rings is 1. The molecule has 138 valence electrons. The van der Waals surface area contributed by atoms with Gasteiger partial charge < -0.3 is 15.4 Å². The van der Waals surface area contributed by atoms with E-state index in [0.717, 1.165) is 24.3 Å². The molecule has 0 aliphatic rings. The molecule has 0 saturated heterocycles. The van der Waals surface area contributed by atoms with E-state index >= 15 is 0 Å². The fourth-order valence-electron chi connectivity index (χ4n) is 1.86. The van der Waals surface area contributed by atoms with E-state index in [1.807, 2.05) is 0 Å². The molecule has 0 heterocycles. The van der Waals surface area contributed by atoms with E-state index in [9.17, 15) is 18.4 Å². The van der Waals surface area contributed by atoms with Crippen molar-refractivity contribution in [2.45, 2.75) is 45.8 Å². The zero-order valence-corrected chi connectivity index (χ0v) is 15.1. The van der Waals surface area contributed by atoms with Crippen molar-refractivity contribution in [1.29, 1.82) is 0 Å². The largest absolute Gasteiger partial charge is 0.444 e. The van der Waals surface area contributed by atoms with Crippen LogP contribution in [0.3, 0.4) is 0 Å². The molecule has 5 nitrogen and oxygen atoms in total. The Morgan fingerprint density at radius 1 is 1.12 bits per heavy atom. The van der Waals surface area contributed by atoms with E-state index in [-0.39, 0.29) is 12.1 Å². The third-order valence-corrected chi connectivity index (χ3v) is 2.94. The maximum absolute atomic E-state index is 13.5. The first-order valence-corrected chi connectivity index (χ1v) is 7.81. The predicted octanol–water partition coefficient (Wildman–Crippen LogP) is 3.40. The molecule has 2 amide bonds. The van der Waals surface area contributed by atoms with Gasteiger partial charge in [-0.3, -0.25) is 4.79 Å². The van der Waals surface area contributed by atoms with Gasteiger partial charge in [0.25, 0.3) is 0 Å². The maximum Gasteiger partial charge on any atom is 0.407 e. The molecule has 0 spiro atoms. The SMILES string of the molecule is CC(C)(CNC(=O)OC(C)(C)C)NC(=O)/C=C/c1c(F)cccc1F. The summed E-state index contributed by atoms with van der Waals surface area (Å²) in [5.41, 5.74) is -1.70. The Labute approximate surface area is 146 Å². The lowest BCUT2D eigenvalue weighted by Gasteiger charge is -2.27. The lowest BCUT2D eigenvalue weighted by molar-refractivity contribution is -0.117. The first kappa shape index (κ1) is 20.6. The predicted molar refractivity (Wildman–Crippen MR) is 91.9 cm³/mol. The Bertz CT molecular complexity index is 645. The zero-order chi connectivity index (χ0) is 19.3. The first-order chi connectivity index (χ1) is 11.4. The molecule has 0 aliphatic carbocycles.